The standard InChI is InChI=1S/C14H17N3/c1-3-11-5-10(7-15)6-12(4-2)14(11)13(8-16)9-17/h5-6,13H,3-4,7,15H2,1-2H3. The maximum Gasteiger partial charge on any atom is 0.158 e. The molecule has 0 aliphatic carbocycles. The van der Waals surface area contributed by atoms with Crippen LogP contribution < -0.4 is 5.73 Å². The van der Waals surface area contributed by atoms with Gasteiger partial charge in [-0.05, 0) is 35.1 Å². The Morgan fingerprint density at radius 3 is 1.88 bits per heavy atom. The van der Waals surface area contributed by atoms with Gasteiger partial charge in [-0.3, -0.25) is 0 Å². The fraction of sp³-hybridized carbons (Fsp3) is 0.429. The number of hydrogen-bond donors (Lipinski definition) is 1. The van der Waals surface area contributed by atoms with Crippen LogP contribution in [0.1, 0.15) is 42.0 Å². The summed E-state index contributed by atoms with van der Waals surface area (Å²) >= 11 is 0. The van der Waals surface area contributed by atoms with Crippen LogP contribution in [0.25, 0.3) is 0 Å². The van der Waals surface area contributed by atoms with Gasteiger partial charge in [-0.25, -0.2) is 0 Å². The first-order valence-electron chi connectivity index (χ1n) is 5.85. The summed E-state index contributed by atoms with van der Waals surface area (Å²) in [6.07, 6.45) is 1.63. The summed E-state index contributed by atoms with van der Waals surface area (Å²) in [5, 5.41) is 18.1. The molecule has 0 spiro atoms. The third kappa shape index (κ3) is 2.64. The monoisotopic (exact) mass is 227 g/mol. The zero-order valence-corrected chi connectivity index (χ0v) is 10.3. The molecule has 0 radical (unpaired) electrons. The molecule has 3 nitrogen and oxygen atoms in total. The highest BCUT2D eigenvalue weighted by atomic mass is 14.5. The maximum absolute atomic E-state index is 9.05. The Morgan fingerprint density at radius 1 is 1.12 bits per heavy atom. The maximum atomic E-state index is 9.05. The summed E-state index contributed by atoms with van der Waals surface area (Å²) in [4.78, 5) is 0. The average molecular weight is 227 g/mol. The van der Waals surface area contributed by atoms with Crippen molar-refractivity contribution in [2.75, 3.05) is 0 Å². The lowest BCUT2D eigenvalue weighted by atomic mass is 9.87. The van der Waals surface area contributed by atoms with Gasteiger partial charge >= 0.3 is 0 Å². The minimum atomic E-state index is -0.674. The largest absolute Gasteiger partial charge is 0.326 e. The van der Waals surface area contributed by atoms with Crippen molar-refractivity contribution < 1.29 is 0 Å². The van der Waals surface area contributed by atoms with Crippen molar-refractivity contribution in [3.05, 3.63) is 34.4 Å². The second-order valence-electron chi connectivity index (χ2n) is 3.93. The summed E-state index contributed by atoms with van der Waals surface area (Å²) in [6, 6.07) is 8.15. The molecule has 1 rings (SSSR count). The fourth-order valence-electron chi connectivity index (χ4n) is 2.08. The highest BCUT2D eigenvalue weighted by Gasteiger charge is 2.17. The third-order valence-electron chi connectivity index (χ3n) is 2.96. The SMILES string of the molecule is CCc1cc(CN)cc(CC)c1C(C#N)C#N. The lowest BCUT2D eigenvalue weighted by molar-refractivity contribution is 0.946. The molecule has 17 heavy (non-hydrogen) atoms. The number of nitriles is 2. The smallest absolute Gasteiger partial charge is 0.158 e. The molecule has 0 heterocycles. The average Bonchev–Trinajstić information content (AvgIpc) is 2.39. The summed E-state index contributed by atoms with van der Waals surface area (Å²) in [7, 11) is 0. The summed E-state index contributed by atoms with van der Waals surface area (Å²) < 4.78 is 0. The van der Waals surface area contributed by atoms with Crippen LogP contribution in [0.2, 0.25) is 0 Å². The zero-order chi connectivity index (χ0) is 12.8. The van der Waals surface area contributed by atoms with Crippen LogP contribution in [-0.4, -0.2) is 0 Å². The van der Waals surface area contributed by atoms with Crippen LogP contribution in [0, 0.1) is 22.7 Å². The van der Waals surface area contributed by atoms with Gasteiger partial charge < -0.3 is 5.73 Å². The van der Waals surface area contributed by atoms with E-state index in [0.717, 1.165) is 35.1 Å². The van der Waals surface area contributed by atoms with E-state index in [1.54, 1.807) is 0 Å². The lowest BCUT2D eigenvalue weighted by Crippen LogP contribution is -2.07. The Balaban J connectivity index is 3.46. The highest BCUT2D eigenvalue weighted by Crippen LogP contribution is 2.26. The van der Waals surface area contributed by atoms with E-state index >= 15 is 0 Å². The van der Waals surface area contributed by atoms with Crippen LogP contribution in [-0.2, 0) is 19.4 Å². The zero-order valence-electron chi connectivity index (χ0n) is 10.3. The van der Waals surface area contributed by atoms with Crippen molar-refractivity contribution in [1.82, 2.24) is 0 Å². The number of benzene rings is 1. The predicted octanol–water partition coefficient (Wildman–Crippen LogP) is 2.40. The van der Waals surface area contributed by atoms with E-state index in [0.29, 0.717) is 6.54 Å². The van der Waals surface area contributed by atoms with E-state index in [9.17, 15) is 0 Å². The van der Waals surface area contributed by atoms with E-state index in [1.165, 1.54) is 0 Å². The summed E-state index contributed by atoms with van der Waals surface area (Å²) in [5.41, 5.74) is 9.75. The van der Waals surface area contributed by atoms with Gasteiger partial charge in [0.05, 0.1) is 12.1 Å². The Morgan fingerprint density at radius 2 is 1.59 bits per heavy atom. The summed E-state index contributed by atoms with van der Waals surface area (Å²) in [6.45, 7) is 4.55. The first-order valence-corrected chi connectivity index (χ1v) is 5.85. The first-order chi connectivity index (χ1) is 8.21. The van der Waals surface area contributed by atoms with Crippen molar-refractivity contribution in [3.63, 3.8) is 0 Å². The van der Waals surface area contributed by atoms with E-state index < -0.39 is 5.92 Å². The minimum absolute atomic E-state index is 0.490. The summed E-state index contributed by atoms with van der Waals surface area (Å²) in [5.74, 6) is -0.674. The van der Waals surface area contributed by atoms with Gasteiger partial charge in [-0.2, -0.15) is 10.5 Å². The van der Waals surface area contributed by atoms with Crippen LogP contribution in [0.15, 0.2) is 12.1 Å². The second-order valence-corrected chi connectivity index (χ2v) is 3.93. The third-order valence-corrected chi connectivity index (χ3v) is 2.96. The number of aryl methyl sites for hydroxylation is 2. The van der Waals surface area contributed by atoms with Gasteiger partial charge in [0.15, 0.2) is 5.92 Å². The van der Waals surface area contributed by atoms with Gasteiger partial charge in [0, 0.05) is 6.54 Å². The topological polar surface area (TPSA) is 73.6 Å². The van der Waals surface area contributed by atoms with Gasteiger partial charge in [0.1, 0.15) is 0 Å². The van der Waals surface area contributed by atoms with Gasteiger partial charge in [-0.15, -0.1) is 0 Å². The molecular weight excluding hydrogens is 210 g/mol. The van der Waals surface area contributed by atoms with Gasteiger partial charge in [-0.1, -0.05) is 26.0 Å². The van der Waals surface area contributed by atoms with Gasteiger partial charge in [0.2, 0.25) is 0 Å². The molecular formula is C14H17N3. The quantitative estimate of drug-likeness (QED) is 0.858. The molecule has 0 saturated heterocycles. The molecule has 0 atom stereocenters. The van der Waals surface area contributed by atoms with E-state index in [4.69, 9.17) is 16.3 Å². The lowest BCUT2D eigenvalue weighted by Gasteiger charge is -2.15. The van der Waals surface area contributed by atoms with E-state index in [-0.39, 0.29) is 0 Å². The number of rotatable bonds is 4. The normalized spacial score (nSPS) is 10.0. The molecule has 0 aromatic heterocycles. The van der Waals surface area contributed by atoms with Crippen LogP contribution in [0.5, 0.6) is 0 Å². The molecule has 0 aliphatic rings. The van der Waals surface area contributed by atoms with Crippen molar-refractivity contribution in [1.29, 1.82) is 10.5 Å². The number of nitrogens with two attached hydrogens (primary N) is 1. The molecule has 0 saturated carbocycles. The molecule has 1 aromatic carbocycles. The number of hydrogen-bond acceptors (Lipinski definition) is 3. The second kappa shape index (κ2) is 6.03. The van der Waals surface area contributed by atoms with Crippen LogP contribution in [0.4, 0.5) is 0 Å². The fourth-order valence-corrected chi connectivity index (χ4v) is 2.08. The molecule has 2 N–H and O–H groups in total. The van der Waals surface area contributed by atoms with Crippen molar-refractivity contribution in [2.45, 2.75) is 39.2 Å². The Bertz CT molecular complexity index is 438. The van der Waals surface area contributed by atoms with Gasteiger partial charge in [0.25, 0.3) is 0 Å². The van der Waals surface area contributed by atoms with Crippen LogP contribution in [0.3, 0.4) is 0 Å². The molecule has 0 amide bonds. The van der Waals surface area contributed by atoms with Crippen molar-refractivity contribution >= 4 is 0 Å². The molecule has 0 fully saturated rings. The predicted molar refractivity (Wildman–Crippen MR) is 67.1 cm³/mol. The van der Waals surface area contributed by atoms with Crippen LogP contribution >= 0.6 is 0 Å². The minimum Gasteiger partial charge on any atom is -0.326 e. The molecule has 88 valence electrons. The molecule has 0 bridgehead atoms. The van der Waals surface area contributed by atoms with E-state index in [1.807, 2.05) is 26.0 Å². The number of nitrogens with zero attached hydrogens (tertiary/aromatic N) is 2. The first kappa shape index (κ1) is 13.2. The Hall–Kier alpha value is -1.84. The van der Waals surface area contributed by atoms with Crippen molar-refractivity contribution in [3.8, 4) is 12.1 Å². The highest BCUT2D eigenvalue weighted by molar-refractivity contribution is 5.46. The molecule has 3 heteroatoms. The Kier molecular flexibility index (Phi) is 4.69. The Labute approximate surface area is 102 Å². The van der Waals surface area contributed by atoms with E-state index in [2.05, 4.69) is 12.1 Å². The van der Waals surface area contributed by atoms with Crippen molar-refractivity contribution in [2.24, 2.45) is 5.73 Å². The molecule has 0 aliphatic heterocycles. The molecule has 1 aromatic rings. The molecule has 0 unspecified atom stereocenters.